The van der Waals surface area contributed by atoms with Gasteiger partial charge in [-0.3, -0.25) is 4.68 Å². The maximum atomic E-state index is 5.54. The second kappa shape index (κ2) is 6.92. The molecule has 0 saturated heterocycles. The van der Waals surface area contributed by atoms with Gasteiger partial charge in [0.25, 0.3) is 0 Å². The molecular weight excluding hydrogens is 268 g/mol. The first kappa shape index (κ1) is 15.1. The molecule has 0 aliphatic rings. The Morgan fingerprint density at radius 2 is 2.19 bits per heavy atom. The Bertz CT molecular complexity index is 593. The first-order valence-electron chi connectivity index (χ1n) is 7.01. The molecular formula is C14H22N6O. The summed E-state index contributed by atoms with van der Waals surface area (Å²) >= 11 is 0. The van der Waals surface area contributed by atoms with Gasteiger partial charge in [0.2, 0.25) is 5.89 Å². The van der Waals surface area contributed by atoms with Gasteiger partial charge in [0.05, 0.1) is 25.0 Å². The molecule has 2 N–H and O–H groups in total. The zero-order valence-electron chi connectivity index (χ0n) is 13.0. The highest BCUT2D eigenvalue weighted by molar-refractivity contribution is 5.79. The minimum Gasteiger partial charge on any atom is -0.444 e. The summed E-state index contributed by atoms with van der Waals surface area (Å²) in [6, 6.07) is 0. The fourth-order valence-electron chi connectivity index (χ4n) is 1.84. The van der Waals surface area contributed by atoms with Crippen molar-refractivity contribution in [2.24, 2.45) is 12.0 Å². The largest absolute Gasteiger partial charge is 0.444 e. The Labute approximate surface area is 124 Å². The summed E-state index contributed by atoms with van der Waals surface area (Å²) < 4.78 is 7.31. The van der Waals surface area contributed by atoms with Crippen molar-refractivity contribution in [1.82, 2.24) is 25.4 Å². The van der Waals surface area contributed by atoms with Crippen LogP contribution in [0.5, 0.6) is 0 Å². The van der Waals surface area contributed by atoms with Crippen molar-refractivity contribution < 1.29 is 4.42 Å². The zero-order chi connectivity index (χ0) is 15.2. The van der Waals surface area contributed by atoms with Crippen molar-refractivity contribution in [2.45, 2.75) is 33.9 Å². The second-order valence-electron chi connectivity index (χ2n) is 4.82. The number of aryl methyl sites for hydroxylation is 3. The zero-order valence-corrected chi connectivity index (χ0v) is 13.0. The maximum absolute atomic E-state index is 5.54. The molecule has 0 bridgehead atoms. The van der Waals surface area contributed by atoms with Gasteiger partial charge < -0.3 is 15.1 Å². The smallest absolute Gasteiger partial charge is 0.214 e. The average Bonchev–Trinajstić information content (AvgIpc) is 3.00. The standard InChI is InChI=1S/C14H22N6O/c1-5-15-14(16-6-12-7-18-20(4)9-12)17-8-13-19-10(2)11(3)21-13/h7,9H,5-6,8H2,1-4H3,(H2,15,16,17). The van der Waals surface area contributed by atoms with E-state index in [9.17, 15) is 0 Å². The van der Waals surface area contributed by atoms with Crippen LogP contribution in [0.4, 0.5) is 0 Å². The molecule has 7 nitrogen and oxygen atoms in total. The molecule has 0 fully saturated rings. The van der Waals surface area contributed by atoms with Gasteiger partial charge in [-0.1, -0.05) is 0 Å². The lowest BCUT2D eigenvalue weighted by molar-refractivity contribution is 0.463. The van der Waals surface area contributed by atoms with Crippen LogP contribution in [0.3, 0.4) is 0 Å². The molecule has 0 unspecified atom stereocenters. The number of hydrogen-bond acceptors (Lipinski definition) is 4. The second-order valence-corrected chi connectivity index (χ2v) is 4.82. The lowest BCUT2D eigenvalue weighted by Gasteiger charge is -2.09. The van der Waals surface area contributed by atoms with Crippen LogP contribution in [0.25, 0.3) is 0 Å². The third-order valence-electron chi connectivity index (χ3n) is 3.00. The minimum absolute atomic E-state index is 0.507. The molecule has 7 heteroatoms. The van der Waals surface area contributed by atoms with Gasteiger partial charge in [-0.25, -0.2) is 9.98 Å². The summed E-state index contributed by atoms with van der Waals surface area (Å²) in [7, 11) is 1.89. The fourth-order valence-corrected chi connectivity index (χ4v) is 1.84. The summed E-state index contributed by atoms with van der Waals surface area (Å²) in [5, 5.41) is 10.5. The highest BCUT2D eigenvalue weighted by atomic mass is 16.4. The van der Waals surface area contributed by atoms with Gasteiger partial charge in [-0.15, -0.1) is 0 Å². The van der Waals surface area contributed by atoms with E-state index in [1.54, 1.807) is 4.68 Å². The van der Waals surface area contributed by atoms with Gasteiger partial charge in [-0.05, 0) is 20.8 Å². The van der Waals surface area contributed by atoms with E-state index in [4.69, 9.17) is 4.42 Å². The third-order valence-corrected chi connectivity index (χ3v) is 3.00. The lowest BCUT2D eigenvalue weighted by Crippen LogP contribution is -2.36. The Morgan fingerprint density at radius 3 is 2.76 bits per heavy atom. The molecule has 0 aliphatic heterocycles. The summed E-state index contributed by atoms with van der Waals surface area (Å²) in [6.45, 7) is 7.75. The van der Waals surface area contributed by atoms with Crippen molar-refractivity contribution in [3.05, 3.63) is 35.3 Å². The number of rotatable bonds is 5. The number of aromatic nitrogens is 3. The topological polar surface area (TPSA) is 80.3 Å². The molecule has 0 spiro atoms. The van der Waals surface area contributed by atoms with E-state index >= 15 is 0 Å². The van der Waals surface area contributed by atoms with Crippen LogP contribution in [0.15, 0.2) is 21.8 Å². The van der Waals surface area contributed by atoms with E-state index in [2.05, 4.69) is 25.7 Å². The highest BCUT2D eigenvalue weighted by Crippen LogP contribution is 2.07. The molecule has 0 radical (unpaired) electrons. The van der Waals surface area contributed by atoms with E-state index in [0.717, 1.165) is 29.5 Å². The number of guanidine groups is 1. The van der Waals surface area contributed by atoms with Crippen LogP contribution in [-0.4, -0.2) is 27.3 Å². The summed E-state index contributed by atoms with van der Waals surface area (Å²) in [6.07, 6.45) is 3.77. The number of nitrogens with zero attached hydrogens (tertiary/aromatic N) is 4. The van der Waals surface area contributed by atoms with Crippen molar-refractivity contribution in [2.75, 3.05) is 6.54 Å². The molecule has 2 aromatic heterocycles. The van der Waals surface area contributed by atoms with Gasteiger partial charge in [0.1, 0.15) is 5.76 Å². The van der Waals surface area contributed by atoms with Crippen LogP contribution < -0.4 is 10.6 Å². The van der Waals surface area contributed by atoms with Gasteiger partial charge in [0.15, 0.2) is 5.96 Å². The SMILES string of the molecule is CCNC(=NCc1cnn(C)c1)NCc1nc(C)c(C)o1. The Morgan fingerprint density at radius 1 is 1.38 bits per heavy atom. The molecule has 0 amide bonds. The maximum Gasteiger partial charge on any atom is 0.214 e. The van der Waals surface area contributed by atoms with Crippen LogP contribution in [0.2, 0.25) is 0 Å². The van der Waals surface area contributed by atoms with E-state index in [1.807, 2.05) is 40.2 Å². The predicted molar refractivity (Wildman–Crippen MR) is 80.8 cm³/mol. The van der Waals surface area contributed by atoms with Gasteiger partial charge >= 0.3 is 0 Å². The summed E-state index contributed by atoms with van der Waals surface area (Å²) in [5.41, 5.74) is 1.99. The van der Waals surface area contributed by atoms with E-state index in [-0.39, 0.29) is 0 Å². The van der Waals surface area contributed by atoms with Crippen LogP contribution in [0, 0.1) is 13.8 Å². The molecule has 0 aromatic carbocycles. The van der Waals surface area contributed by atoms with Crippen LogP contribution in [-0.2, 0) is 20.1 Å². The van der Waals surface area contributed by atoms with Gasteiger partial charge in [0, 0.05) is 25.4 Å². The monoisotopic (exact) mass is 290 g/mol. The van der Waals surface area contributed by atoms with Crippen molar-refractivity contribution in [3.8, 4) is 0 Å². The number of nitrogens with one attached hydrogen (secondary N) is 2. The predicted octanol–water partition coefficient (Wildman–Crippen LogP) is 1.28. The quantitative estimate of drug-likeness (QED) is 0.640. The van der Waals surface area contributed by atoms with Crippen molar-refractivity contribution >= 4 is 5.96 Å². The van der Waals surface area contributed by atoms with E-state index in [0.29, 0.717) is 19.0 Å². The lowest BCUT2D eigenvalue weighted by atomic mass is 10.4. The van der Waals surface area contributed by atoms with E-state index in [1.165, 1.54) is 0 Å². The normalized spacial score (nSPS) is 11.7. The van der Waals surface area contributed by atoms with Crippen molar-refractivity contribution in [1.29, 1.82) is 0 Å². The molecule has 0 atom stereocenters. The van der Waals surface area contributed by atoms with Crippen molar-refractivity contribution in [3.63, 3.8) is 0 Å². The molecule has 2 aromatic rings. The van der Waals surface area contributed by atoms with E-state index < -0.39 is 0 Å². The molecule has 114 valence electrons. The summed E-state index contributed by atoms with van der Waals surface area (Å²) in [5.74, 6) is 2.25. The number of aliphatic imine (C=N–C) groups is 1. The first-order valence-corrected chi connectivity index (χ1v) is 7.01. The Hall–Kier alpha value is -2.31. The molecule has 2 heterocycles. The Balaban J connectivity index is 1.94. The molecule has 21 heavy (non-hydrogen) atoms. The fraction of sp³-hybridized carbons (Fsp3) is 0.500. The molecule has 0 saturated carbocycles. The average molecular weight is 290 g/mol. The highest BCUT2D eigenvalue weighted by Gasteiger charge is 2.06. The molecule has 2 rings (SSSR count). The number of hydrogen-bond donors (Lipinski definition) is 2. The van der Waals surface area contributed by atoms with Crippen LogP contribution >= 0.6 is 0 Å². The summed E-state index contributed by atoms with van der Waals surface area (Å²) in [4.78, 5) is 8.85. The third kappa shape index (κ3) is 4.34. The number of oxazole rings is 1. The van der Waals surface area contributed by atoms with Gasteiger partial charge in [-0.2, -0.15) is 5.10 Å². The molecule has 0 aliphatic carbocycles. The minimum atomic E-state index is 0.507. The Kier molecular flexibility index (Phi) is 4.97. The van der Waals surface area contributed by atoms with Crippen LogP contribution in [0.1, 0.15) is 29.8 Å². The first-order chi connectivity index (χ1) is 10.1.